The lowest BCUT2D eigenvalue weighted by Crippen LogP contribution is -2.15. The highest BCUT2D eigenvalue weighted by Gasteiger charge is 2.46. The standard InChI is InChI=1S/C20H28O3P/c1-3-5-6-13-18-21-24(4-2,22-19-14-9-7-10-15-19)23-20-16-11-8-12-17-20/h7-12,14-17H,3-6,13,18H2,1-2H3/q+1. The van der Waals surface area contributed by atoms with Gasteiger partial charge in [-0.2, -0.15) is 4.52 Å². The van der Waals surface area contributed by atoms with Crippen LogP contribution in [-0.4, -0.2) is 12.8 Å². The van der Waals surface area contributed by atoms with Gasteiger partial charge < -0.3 is 0 Å². The van der Waals surface area contributed by atoms with Gasteiger partial charge in [0.1, 0.15) is 0 Å². The molecule has 0 spiro atoms. The molecule has 2 aromatic rings. The lowest BCUT2D eigenvalue weighted by Gasteiger charge is -2.22. The van der Waals surface area contributed by atoms with Crippen molar-refractivity contribution in [3.05, 3.63) is 60.7 Å². The van der Waals surface area contributed by atoms with Crippen LogP contribution in [0.4, 0.5) is 0 Å². The fourth-order valence-electron chi connectivity index (χ4n) is 2.31. The summed E-state index contributed by atoms with van der Waals surface area (Å²) in [5.41, 5.74) is 0. The fourth-order valence-corrected chi connectivity index (χ4v) is 4.18. The van der Waals surface area contributed by atoms with E-state index in [1.807, 2.05) is 60.7 Å². The van der Waals surface area contributed by atoms with E-state index >= 15 is 0 Å². The van der Waals surface area contributed by atoms with Gasteiger partial charge >= 0.3 is 7.94 Å². The van der Waals surface area contributed by atoms with Crippen LogP contribution in [0.5, 0.6) is 11.5 Å². The van der Waals surface area contributed by atoms with Gasteiger partial charge in [0.15, 0.2) is 17.7 Å². The van der Waals surface area contributed by atoms with Crippen molar-refractivity contribution in [2.75, 3.05) is 12.8 Å². The molecule has 0 aliphatic heterocycles. The van der Waals surface area contributed by atoms with Crippen molar-refractivity contribution in [3.63, 3.8) is 0 Å². The lowest BCUT2D eigenvalue weighted by atomic mass is 10.2. The molecule has 0 N–H and O–H groups in total. The van der Waals surface area contributed by atoms with Crippen LogP contribution in [0.1, 0.15) is 39.5 Å². The molecule has 3 nitrogen and oxygen atoms in total. The molecule has 0 heterocycles. The molecule has 2 rings (SSSR count). The molecule has 0 fully saturated rings. The quantitative estimate of drug-likeness (QED) is 0.342. The Morgan fingerprint density at radius 2 is 1.25 bits per heavy atom. The summed E-state index contributed by atoms with van der Waals surface area (Å²) in [4.78, 5) is 0. The zero-order valence-electron chi connectivity index (χ0n) is 14.7. The van der Waals surface area contributed by atoms with Gasteiger partial charge in [-0.15, -0.1) is 0 Å². The van der Waals surface area contributed by atoms with Gasteiger partial charge in [-0.1, -0.05) is 62.6 Å². The SMILES string of the molecule is CCCCCCO[P+](CC)(Oc1ccccc1)Oc1ccccc1. The molecule has 0 unspecified atom stereocenters. The molecule has 0 bridgehead atoms. The average molecular weight is 347 g/mol. The Balaban J connectivity index is 2.08. The van der Waals surface area contributed by atoms with Crippen LogP contribution < -0.4 is 9.05 Å². The summed E-state index contributed by atoms with van der Waals surface area (Å²) < 4.78 is 18.7. The highest BCUT2D eigenvalue weighted by atomic mass is 31.2. The summed E-state index contributed by atoms with van der Waals surface area (Å²) in [5, 5.41) is 0. The van der Waals surface area contributed by atoms with Crippen molar-refractivity contribution in [2.45, 2.75) is 39.5 Å². The molecule has 0 aliphatic carbocycles. The van der Waals surface area contributed by atoms with E-state index < -0.39 is 7.94 Å². The smallest absolute Gasteiger partial charge is 0.278 e. The molecule has 24 heavy (non-hydrogen) atoms. The van der Waals surface area contributed by atoms with E-state index in [0.29, 0.717) is 12.8 Å². The minimum Gasteiger partial charge on any atom is -0.278 e. The van der Waals surface area contributed by atoms with Gasteiger partial charge in [-0.3, -0.25) is 9.05 Å². The first kappa shape index (κ1) is 18.8. The second-order valence-corrected chi connectivity index (χ2v) is 8.11. The van der Waals surface area contributed by atoms with E-state index in [-0.39, 0.29) is 0 Å². The lowest BCUT2D eigenvalue weighted by molar-refractivity contribution is 0.236. The highest BCUT2D eigenvalue weighted by molar-refractivity contribution is 7.62. The highest BCUT2D eigenvalue weighted by Crippen LogP contribution is 2.60. The van der Waals surface area contributed by atoms with Crippen LogP contribution in [0.3, 0.4) is 0 Å². The maximum atomic E-state index is 6.23. The summed E-state index contributed by atoms with van der Waals surface area (Å²) in [7, 11) is -2.47. The molecule has 0 amide bonds. The minimum absolute atomic E-state index is 0.668. The second-order valence-electron chi connectivity index (χ2n) is 5.63. The van der Waals surface area contributed by atoms with Crippen LogP contribution in [0, 0.1) is 0 Å². The Morgan fingerprint density at radius 3 is 1.71 bits per heavy atom. The molecule has 0 atom stereocenters. The number of para-hydroxylation sites is 2. The predicted molar refractivity (Wildman–Crippen MR) is 102 cm³/mol. The third-order valence-electron chi connectivity index (χ3n) is 3.65. The van der Waals surface area contributed by atoms with Crippen LogP contribution in [0.25, 0.3) is 0 Å². The zero-order valence-corrected chi connectivity index (χ0v) is 15.6. The Bertz CT molecular complexity index is 518. The van der Waals surface area contributed by atoms with Gasteiger partial charge in [0.2, 0.25) is 0 Å². The topological polar surface area (TPSA) is 27.7 Å². The molecule has 0 saturated carbocycles. The van der Waals surface area contributed by atoms with Gasteiger partial charge in [-0.25, -0.2) is 0 Å². The Hall–Kier alpha value is -1.57. The molecular formula is C20H28O3P+. The number of benzene rings is 2. The summed E-state index contributed by atoms with van der Waals surface area (Å²) in [6.07, 6.45) is 5.36. The fraction of sp³-hybridized carbons (Fsp3) is 0.400. The van der Waals surface area contributed by atoms with E-state index in [1.165, 1.54) is 19.3 Å². The van der Waals surface area contributed by atoms with Crippen molar-refractivity contribution in [1.82, 2.24) is 0 Å². The maximum absolute atomic E-state index is 6.23. The summed E-state index contributed by atoms with van der Waals surface area (Å²) in [6.45, 7) is 4.94. The van der Waals surface area contributed by atoms with E-state index in [0.717, 1.165) is 17.9 Å². The first-order valence-corrected chi connectivity index (χ1v) is 10.5. The number of rotatable bonds is 11. The molecule has 0 aromatic heterocycles. The van der Waals surface area contributed by atoms with Crippen LogP contribution in [-0.2, 0) is 4.52 Å². The normalized spacial score (nSPS) is 11.2. The van der Waals surface area contributed by atoms with Gasteiger partial charge in [0, 0.05) is 0 Å². The number of hydrogen-bond donors (Lipinski definition) is 0. The largest absolute Gasteiger partial charge is 0.497 e. The molecular weight excluding hydrogens is 319 g/mol. The summed E-state index contributed by atoms with van der Waals surface area (Å²) >= 11 is 0. The molecule has 0 aliphatic rings. The van der Waals surface area contributed by atoms with Gasteiger partial charge in [-0.05, 0) is 37.6 Å². The van der Waals surface area contributed by atoms with E-state index in [2.05, 4.69) is 13.8 Å². The van der Waals surface area contributed by atoms with Crippen molar-refractivity contribution in [2.24, 2.45) is 0 Å². The first-order chi connectivity index (χ1) is 11.8. The molecule has 4 heteroatoms. The second kappa shape index (κ2) is 10.3. The van der Waals surface area contributed by atoms with E-state index in [4.69, 9.17) is 13.6 Å². The minimum atomic E-state index is -2.47. The Labute approximate surface area is 146 Å². The van der Waals surface area contributed by atoms with Crippen molar-refractivity contribution < 1.29 is 13.6 Å². The van der Waals surface area contributed by atoms with Crippen molar-refractivity contribution in [1.29, 1.82) is 0 Å². The first-order valence-electron chi connectivity index (χ1n) is 8.80. The van der Waals surface area contributed by atoms with Crippen LogP contribution >= 0.6 is 7.94 Å². The maximum Gasteiger partial charge on any atom is 0.497 e. The third-order valence-corrected chi connectivity index (χ3v) is 5.98. The van der Waals surface area contributed by atoms with Crippen LogP contribution in [0.2, 0.25) is 0 Å². The molecule has 130 valence electrons. The monoisotopic (exact) mass is 347 g/mol. The van der Waals surface area contributed by atoms with Crippen molar-refractivity contribution in [3.8, 4) is 11.5 Å². The van der Waals surface area contributed by atoms with Gasteiger partial charge in [0.05, 0.1) is 6.61 Å². The number of unbranched alkanes of at least 4 members (excludes halogenated alkanes) is 3. The predicted octanol–water partition coefficient (Wildman–Crippen LogP) is 6.52. The Morgan fingerprint density at radius 1 is 0.708 bits per heavy atom. The molecule has 0 saturated heterocycles. The van der Waals surface area contributed by atoms with Crippen LogP contribution in [0.15, 0.2) is 60.7 Å². The summed E-state index contributed by atoms with van der Waals surface area (Å²) in [5.74, 6) is 1.58. The zero-order chi connectivity index (χ0) is 17.1. The molecule has 2 aromatic carbocycles. The Kier molecular flexibility index (Phi) is 8.07. The number of hydrogen-bond acceptors (Lipinski definition) is 3. The third kappa shape index (κ3) is 6.14. The van der Waals surface area contributed by atoms with E-state index in [1.54, 1.807) is 0 Å². The molecule has 0 radical (unpaired) electrons. The van der Waals surface area contributed by atoms with Crippen molar-refractivity contribution >= 4 is 7.94 Å². The average Bonchev–Trinajstić information content (AvgIpc) is 2.63. The van der Waals surface area contributed by atoms with Gasteiger partial charge in [0.25, 0.3) is 0 Å². The van der Waals surface area contributed by atoms with E-state index in [9.17, 15) is 0 Å². The summed E-state index contributed by atoms with van der Waals surface area (Å²) in [6, 6.07) is 19.6.